The molecule has 0 aromatic heterocycles. The Morgan fingerprint density at radius 3 is 2.41 bits per heavy atom. The lowest BCUT2D eigenvalue weighted by molar-refractivity contribution is -0.135. The molecule has 0 saturated carbocycles. The van der Waals surface area contributed by atoms with Crippen molar-refractivity contribution in [1.82, 2.24) is 5.32 Å². The first-order valence-corrected chi connectivity index (χ1v) is 11.0. The Morgan fingerprint density at radius 2 is 1.82 bits per heavy atom. The Labute approximate surface area is 201 Å². The molecule has 0 aliphatic rings. The molecular weight excluding hydrogens is 430 g/mol. The number of nitrogens with one attached hydrogen (secondary N) is 1. The Hall–Kier alpha value is -3.93. The van der Waals surface area contributed by atoms with Gasteiger partial charge in [0.25, 0.3) is 0 Å². The predicted octanol–water partition coefficient (Wildman–Crippen LogP) is 5.26. The maximum absolute atomic E-state index is 12.6. The van der Waals surface area contributed by atoms with Gasteiger partial charge in [0.05, 0.1) is 12.7 Å². The lowest BCUT2D eigenvalue weighted by atomic mass is 9.94. The molecule has 0 bridgehead atoms. The lowest BCUT2D eigenvalue weighted by Crippen LogP contribution is -2.23. The van der Waals surface area contributed by atoms with Crippen LogP contribution in [0, 0.1) is 5.92 Å². The zero-order valence-electron chi connectivity index (χ0n) is 20.1. The smallest absolute Gasteiger partial charge is 0.338 e. The van der Waals surface area contributed by atoms with E-state index in [9.17, 15) is 14.4 Å². The number of methoxy groups -OCH3 is 1. The number of ether oxygens (including phenoxy) is 2. The fourth-order valence-electron chi connectivity index (χ4n) is 3.33. The van der Waals surface area contributed by atoms with Crippen LogP contribution in [0.15, 0.2) is 78.5 Å². The van der Waals surface area contributed by atoms with Gasteiger partial charge in [0.2, 0.25) is 5.91 Å². The van der Waals surface area contributed by atoms with Gasteiger partial charge in [0.15, 0.2) is 6.29 Å². The molecule has 0 radical (unpaired) electrons. The molecule has 0 atom stereocenters. The van der Waals surface area contributed by atoms with E-state index in [2.05, 4.69) is 11.9 Å². The highest BCUT2D eigenvalue weighted by molar-refractivity contribution is 6.05. The first-order valence-electron chi connectivity index (χ1n) is 11.0. The molecule has 0 unspecified atom stereocenters. The van der Waals surface area contributed by atoms with Crippen LogP contribution < -0.4 is 10.1 Å². The summed E-state index contributed by atoms with van der Waals surface area (Å²) in [5, 5.41) is 2.78. The molecule has 2 rings (SSSR count). The van der Waals surface area contributed by atoms with E-state index >= 15 is 0 Å². The molecule has 1 N–H and O–H groups in total. The quantitative estimate of drug-likeness (QED) is 0.214. The molecule has 178 valence electrons. The Bertz CT molecular complexity index is 1100. The minimum Gasteiger partial charge on any atom is -0.489 e. The van der Waals surface area contributed by atoms with E-state index in [0.29, 0.717) is 47.5 Å². The fraction of sp³-hybridized carbons (Fsp3) is 0.250. The molecular formula is C28H31NO5. The summed E-state index contributed by atoms with van der Waals surface area (Å²) in [5.41, 5.74) is 2.87. The zero-order valence-corrected chi connectivity index (χ0v) is 20.1. The summed E-state index contributed by atoms with van der Waals surface area (Å²) in [4.78, 5) is 36.6. The third-order valence-corrected chi connectivity index (χ3v) is 4.88. The van der Waals surface area contributed by atoms with Crippen LogP contribution in [0.3, 0.4) is 0 Å². The second-order valence-corrected chi connectivity index (χ2v) is 8.14. The summed E-state index contributed by atoms with van der Waals surface area (Å²) in [5.74, 6) is -0.0504. The van der Waals surface area contributed by atoms with Crippen molar-refractivity contribution in [2.24, 2.45) is 5.92 Å². The summed E-state index contributed by atoms with van der Waals surface area (Å²) in [6.07, 6.45) is 4.06. The van der Waals surface area contributed by atoms with Gasteiger partial charge in [-0.15, -0.1) is 0 Å². The highest BCUT2D eigenvalue weighted by Crippen LogP contribution is 2.28. The van der Waals surface area contributed by atoms with Gasteiger partial charge in [0.1, 0.15) is 12.4 Å². The Balaban J connectivity index is 2.42. The van der Waals surface area contributed by atoms with E-state index in [4.69, 9.17) is 9.47 Å². The summed E-state index contributed by atoms with van der Waals surface area (Å²) >= 11 is 0. The molecule has 0 spiro atoms. The van der Waals surface area contributed by atoms with E-state index in [1.807, 2.05) is 44.2 Å². The largest absolute Gasteiger partial charge is 0.489 e. The van der Waals surface area contributed by atoms with Crippen molar-refractivity contribution in [3.05, 3.63) is 95.2 Å². The second-order valence-electron chi connectivity index (χ2n) is 8.14. The van der Waals surface area contributed by atoms with Crippen molar-refractivity contribution >= 4 is 23.7 Å². The molecule has 6 nitrogen and oxygen atoms in total. The standard InChI is InChI=1S/C28H31NO5/c1-6-24(26(28(32)33-5)15-20(4)29-27(31)14-19(2)3)25-13-12-23(16-22(25)17-30)34-18-21-10-8-7-9-11-21/h6-13,15-17,19H,1,14,18H2,2-5H3,(H,29,31)/b20-15+,26-24-. The van der Waals surface area contributed by atoms with Crippen molar-refractivity contribution in [1.29, 1.82) is 0 Å². The number of amides is 1. The monoisotopic (exact) mass is 461 g/mol. The van der Waals surface area contributed by atoms with Gasteiger partial charge in [0, 0.05) is 17.7 Å². The van der Waals surface area contributed by atoms with Crippen LogP contribution in [0.4, 0.5) is 0 Å². The molecule has 2 aromatic carbocycles. The fourth-order valence-corrected chi connectivity index (χ4v) is 3.33. The second kappa shape index (κ2) is 12.9. The lowest BCUT2D eigenvalue weighted by Gasteiger charge is -2.14. The Morgan fingerprint density at radius 1 is 1.12 bits per heavy atom. The van der Waals surface area contributed by atoms with Crippen LogP contribution in [0.2, 0.25) is 0 Å². The van der Waals surface area contributed by atoms with E-state index in [1.54, 1.807) is 25.1 Å². The minimum atomic E-state index is -0.617. The molecule has 34 heavy (non-hydrogen) atoms. The predicted molar refractivity (Wildman–Crippen MR) is 133 cm³/mol. The number of hydrogen-bond acceptors (Lipinski definition) is 5. The van der Waals surface area contributed by atoms with Gasteiger partial charge in [-0.2, -0.15) is 0 Å². The van der Waals surface area contributed by atoms with Crippen molar-refractivity contribution in [2.75, 3.05) is 7.11 Å². The summed E-state index contributed by atoms with van der Waals surface area (Å²) in [6.45, 7) is 9.76. The third-order valence-electron chi connectivity index (χ3n) is 4.88. The number of carbonyl (C=O) groups is 3. The minimum absolute atomic E-state index is 0.151. The molecule has 2 aromatic rings. The normalized spacial score (nSPS) is 12.0. The number of carbonyl (C=O) groups excluding carboxylic acids is 3. The molecule has 6 heteroatoms. The van der Waals surface area contributed by atoms with E-state index < -0.39 is 5.97 Å². The number of allylic oxidation sites excluding steroid dienone is 3. The van der Waals surface area contributed by atoms with E-state index in [0.717, 1.165) is 5.56 Å². The van der Waals surface area contributed by atoms with E-state index in [1.165, 1.54) is 19.3 Å². The molecule has 0 fully saturated rings. The third kappa shape index (κ3) is 7.59. The number of benzene rings is 2. The summed E-state index contributed by atoms with van der Waals surface area (Å²) < 4.78 is 10.8. The molecule has 0 heterocycles. The number of hydrogen-bond donors (Lipinski definition) is 1. The van der Waals surface area contributed by atoms with Crippen LogP contribution in [0.1, 0.15) is 48.7 Å². The number of esters is 1. The maximum Gasteiger partial charge on any atom is 0.338 e. The molecule has 0 saturated heterocycles. The van der Waals surface area contributed by atoms with Crippen molar-refractivity contribution in [3.8, 4) is 5.75 Å². The Kier molecular flexibility index (Phi) is 10.0. The van der Waals surface area contributed by atoms with Crippen LogP contribution in [0.5, 0.6) is 5.75 Å². The van der Waals surface area contributed by atoms with Crippen LogP contribution in [-0.4, -0.2) is 25.3 Å². The number of aldehydes is 1. The van der Waals surface area contributed by atoms with Crippen molar-refractivity contribution in [2.45, 2.75) is 33.8 Å². The summed E-state index contributed by atoms with van der Waals surface area (Å²) in [6, 6.07) is 14.7. The van der Waals surface area contributed by atoms with Crippen LogP contribution >= 0.6 is 0 Å². The molecule has 1 amide bonds. The average Bonchev–Trinajstić information content (AvgIpc) is 2.82. The van der Waals surface area contributed by atoms with Gasteiger partial charge >= 0.3 is 5.97 Å². The highest BCUT2D eigenvalue weighted by Gasteiger charge is 2.18. The van der Waals surface area contributed by atoms with Gasteiger partial charge < -0.3 is 14.8 Å². The van der Waals surface area contributed by atoms with Crippen molar-refractivity contribution in [3.63, 3.8) is 0 Å². The maximum atomic E-state index is 12.6. The van der Waals surface area contributed by atoms with Crippen LogP contribution in [0.25, 0.3) is 5.57 Å². The van der Waals surface area contributed by atoms with Gasteiger partial charge in [-0.1, -0.05) is 56.8 Å². The first-order chi connectivity index (χ1) is 16.3. The first kappa shape index (κ1) is 26.3. The molecule has 0 aliphatic heterocycles. The molecule has 0 aliphatic carbocycles. The van der Waals surface area contributed by atoms with Gasteiger partial charge in [-0.3, -0.25) is 9.59 Å². The van der Waals surface area contributed by atoms with Crippen LogP contribution in [-0.2, 0) is 20.9 Å². The SMILES string of the molecule is C=C/C(=C(\C=C(/C)NC(=O)CC(C)C)C(=O)OC)c1ccc(OCc2ccccc2)cc1C=O. The highest BCUT2D eigenvalue weighted by atomic mass is 16.5. The average molecular weight is 462 g/mol. The summed E-state index contributed by atoms with van der Waals surface area (Å²) in [7, 11) is 1.27. The van der Waals surface area contributed by atoms with E-state index in [-0.39, 0.29) is 17.4 Å². The van der Waals surface area contributed by atoms with Gasteiger partial charge in [-0.05, 0) is 53.8 Å². The number of rotatable bonds is 11. The zero-order chi connectivity index (χ0) is 25.1. The van der Waals surface area contributed by atoms with Gasteiger partial charge in [-0.25, -0.2) is 4.79 Å². The topological polar surface area (TPSA) is 81.7 Å². The van der Waals surface area contributed by atoms with Crippen molar-refractivity contribution < 1.29 is 23.9 Å².